The lowest BCUT2D eigenvalue weighted by Gasteiger charge is -2.13. The molecule has 2 aromatic rings. The summed E-state index contributed by atoms with van der Waals surface area (Å²) >= 11 is 1.39. The van der Waals surface area contributed by atoms with Crippen molar-refractivity contribution in [3.8, 4) is 0 Å². The fraction of sp³-hybridized carbons (Fsp3) is 0.353. The average molecular weight is 304 g/mol. The van der Waals surface area contributed by atoms with Gasteiger partial charge in [0.05, 0.1) is 4.90 Å². The standard InChI is InChI=1S/C17H21FN2S/c1-11(2)19-10-14-6-5-7-15(18)17(14)21-16-9-12(3)8-13(4)20-16/h5-9,11,19H,10H2,1-4H3. The van der Waals surface area contributed by atoms with Crippen molar-refractivity contribution in [1.29, 1.82) is 0 Å². The van der Waals surface area contributed by atoms with Gasteiger partial charge in [0.2, 0.25) is 0 Å². The number of halogens is 1. The molecule has 21 heavy (non-hydrogen) atoms. The van der Waals surface area contributed by atoms with Gasteiger partial charge in [-0.25, -0.2) is 9.37 Å². The topological polar surface area (TPSA) is 24.9 Å². The molecular weight excluding hydrogens is 283 g/mol. The minimum Gasteiger partial charge on any atom is -0.310 e. The molecule has 0 saturated heterocycles. The molecule has 112 valence electrons. The van der Waals surface area contributed by atoms with Crippen molar-refractivity contribution in [2.24, 2.45) is 0 Å². The van der Waals surface area contributed by atoms with E-state index in [1.807, 2.05) is 32.0 Å². The summed E-state index contributed by atoms with van der Waals surface area (Å²) in [6.45, 7) is 8.80. The summed E-state index contributed by atoms with van der Waals surface area (Å²) in [5.74, 6) is -0.191. The highest BCUT2D eigenvalue weighted by Gasteiger charge is 2.12. The number of nitrogens with one attached hydrogen (secondary N) is 1. The summed E-state index contributed by atoms with van der Waals surface area (Å²) in [5, 5.41) is 4.17. The maximum absolute atomic E-state index is 14.2. The lowest BCUT2D eigenvalue weighted by atomic mass is 10.2. The summed E-state index contributed by atoms with van der Waals surface area (Å²) in [4.78, 5) is 5.14. The number of aromatic nitrogens is 1. The van der Waals surface area contributed by atoms with Crippen LogP contribution in [-0.2, 0) is 6.54 Å². The molecule has 1 aromatic heterocycles. The molecule has 0 unspecified atom stereocenters. The van der Waals surface area contributed by atoms with Crippen molar-refractivity contribution in [2.45, 2.75) is 50.2 Å². The Morgan fingerprint density at radius 1 is 1.24 bits per heavy atom. The summed E-state index contributed by atoms with van der Waals surface area (Å²) in [7, 11) is 0. The van der Waals surface area contributed by atoms with Gasteiger partial charge in [0.25, 0.3) is 0 Å². The molecule has 0 aliphatic rings. The predicted molar refractivity (Wildman–Crippen MR) is 86.2 cm³/mol. The van der Waals surface area contributed by atoms with Crippen LogP contribution in [0.25, 0.3) is 0 Å². The quantitative estimate of drug-likeness (QED) is 0.881. The number of hydrogen-bond acceptors (Lipinski definition) is 3. The van der Waals surface area contributed by atoms with Crippen molar-refractivity contribution in [3.63, 3.8) is 0 Å². The van der Waals surface area contributed by atoms with Gasteiger partial charge in [-0.1, -0.05) is 37.7 Å². The fourth-order valence-corrected chi connectivity index (χ4v) is 3.16. The number of rotatable bonds is 5. The Morgan fingerprint density at radius 2 is 2.00 bits per heavy atom. The van der Waals surface area contributed by atoms with Crippen LogP contribution in [0.15, 0.2) is 40.3 Å². The number of nitrogens with zero attached hydrogens (tertiary/aromatic N) is 1. The second kappa shape index (κ2) is 7.05. The first kappa shape index (κ1) is 16.0. The van der Waals surface area contributed by atoms with Crippen molar-refractivity contribution >= 4 is 11.8 Å². The van der Waals surface area contributed by atoms with Gasteiger partial charge in [0.1, 0.15) is 10.8 Å². The zero-order valence-electron chi connectivity index (χ0n) is 12.9. The summed E-state index contributed by atoms with van der Waals surface area (Å²) in [5.41, 5.74) is 3.06. The monoisotopic (exact) mass is 304 g/mol. The molecule has 0 aliphatic carbocycles. The third kappa shape index (κ3) is 4.55. The third-order valence-electron chi connectivity index (χ3n) is 3.03. The molecule has 2 rings (SSSR count). The Kier molecular flexibility index (Phi) is 5.37. The van der Waals surface area contributed by atoms with Crippen molar-refractivity contribution < 1.29 is 4.39 Å². The summed E-state index contributed by atoms with van der Waals surface area (Å²) in [6, 6.07) is 9.60. The van der Waals surface area contributed by atoms with Crippen molar-refractivity contribution in [2.75, 3.05) is 0 Å². The molecule has 1 heterocycles. The highest BCUT2D eigenvalue weighted by Crippen LogP contribution is 2.32. The van der Waals surface area contributed by atoms with Gasteiger partial charge >= 0.3 is 0 Å². The molecule has 0 bridgehead atoms. The first-order chi connectivity index (χ1) is 9.95. The summed E-state index contributed by atoms with van der Waals surface area (Å²) < 4.78 is 14.2. The van der Waals surface area contributed by atoms with E-state index in [1.54, 1.807) is 6.07 Å². The third-order valence-corrected chi connectivity index (χ3v) is 4.11. The first-order valence-corrected chi connectivity index (χ1v) is 7.91. The molecule has 1 aromatic carbocycles. The van der Waals surface area contributed by atoms with Crippen LogP contribution < -0.4 is 5.32 Å². The van der Waals surface area contributed by atoms with Crippen LogP contribution in [0, 0.1) is 19.7 Å². The molecule has 0 atom stereocenters. The maximum Gasteiger partial charge on any atom is 0.137 e. The van der Waals surface area contributed by atoms with Crippen LogP contribution in [0.3, 0.4) is 0 Å². The second-order valence-electron chi connectivity index (χ2n) is 5.49. The Bertz CT molecular complexity index is 606. The van der Waals surface area contributed by atoms with Crippen LogP contribution in [0.5, 0.6) is 0 Å². The zero-order chi connectivity index (χ0) is 15.4. The van der Waals surface area contributed by atoms with Gasteiger partial charge in [-0.2, -0.15) is 0 Å². The molecule has 0 radical (unpaired) electrons. The molecule has 0 amide bonds. The van der Waals surface area contributed by atoms with Gasteiger partial charge in [0.15, 0.2) is 0 Å². The average Bonchev–Trinajstić information content (AvgIpc) is 2.38. The van der Waals surface area contributed by atoms with E-state index in [0.29, 0.717) is 17.5 Å². The van der Waals surface area contributed by atoms with Gasteiger partial charge in [0, 0.05) is 18.3 Å². The first-order valence-electron chi connectivity index (χ1n) is 7.09. The SMILES string of the molecule is Cc1cc(C)nc(Sc2c(F)cccc2CNC(C)C)c1. The normalized spacial score (nSPS) is 11.1. The molecule has 1 N–H and O–H groups in total. The number of hydrogen-bond donors (Lipinski definition) is 1. The lowest BCUT2D eigenvalue weighted by molar-refractivity contribution is 0.564. The molecule has 0 aliphatic heterocycles. The molecule has 4 heteroatoms. The van der Waals surface area contributed by atoms with E-state index in [4.69, 9.17) is 0 Å². The zero-order valence-corrected chi connectivity index (χ0v) is 13.7. The Hall–Kier alpha value is -1.39. The Balaban J connectivity index is 2.29. The molecule has 0 saturated carbocycles. The van der Waals surface area contributed by atoms with E-state index in [0.717, 1.165) is 21.8 Å². The van der Waals surface area contributed by atoms with E-state index < -0.39 is 0 Å². The summed E-state index contributed by atoms with van der Waals surface area (Å²) in [6.07, 6.45) is 0. The van der Waals surface area contributed by atoms with E-state index in [2.05, 4.69) is 24.1 Å². The van der Waals surface area contributed by atoms with Crippen LogP contribution in [0.1, 0.15) is 30.7 Å². The molecule has 2 nitrogen and oxygen atoms in total. The Morgan fingerprint density at radius 3 is 2.67 bits per heavy atom. The van der Waals surface area contributed by atoms with Crippen LogP contribution >= 0.6 is 11.8 Å². The number of aryl methyl sites for hydroxylation is 2. The van der Waals surface area contributed by atoms with Crippen molar-refractivity contribution in [3.05, 3.63) is 53.0 Å². The molecule has 0 fully saturated rings. The highest BCUT2D eigenvalue weighted by molar-refractivity contribution is 7.99. The van der Waals surface area contributed by atoms with Gasteiger partial charge in [-0.15, -0.1) is 0 Å². The van der Waals surface area contributed by atoms with Crippen molar-refractivity contribution in [1.82, 2.24) is 10.3 Å². The van der Waals surface area contributed by atoms with E-state index >= 15 is 0 Å². The fourth-order valence-electron chi connectivity index (χ4n) is 2.08. The smallest absolute Gasteiger partial charge is 0.137 e. The number of pyridine rings is 1. The van der Waals surface area contributed by atoms with Gasteiger partial charge in [-0.3, -0.25) is 0 Å². The highest BCUT2D eigenvalue weighted by atomic mass is 32.2. The minimum absolute atomic E-state index is 0.191. The molecular formula is C17H21FN2S. The maximum atomic E-state index is 14.2. The second-order valence-corrected chi connectivity index (χ2v) is 6.52. The Labute approximate surface area is 130 Å². The number of benzene rings is 1. The van der Waals surface area contributed by atoms with E-state index in [9.17, 15) is 4.39 Å². The van der Waals surface area contributed by atoms with Gasteiger partial charge in [-0.05, 0) is 43.2 Å². The minimum atomic E-state index is -0.191. The van der Waals surface area contributed by atoms with Crippen LogP contribution in [0.4, 0.5) is 4.39 Å². The van der Waals surface area contributed by atoms with E-state index in [-0.39, 0.29) is 5.82 Å². The lowest BCUT2D eigenvalue weighted by Crippen LogP contribution is -2.22. The largest absolute Gasteiger partial charge is 0.310 e. The molecule has 0 spiro atoms. The predicted octanol–water partition coefficient (Wildman–Crippen LogP) is 4.49. The van der Waals surface area contributed by atoms with E-state index in [1.165, 1.54) is 17.8 Å². The van der Waals surface area contributed by atoms with Crippen LogP contribution in [0.2, 0.25) is 0 Å². The van der Waals surface area contributed by atoms with Gasteiger partial charge < -0.3 is 5.32 Å². The van der Waals surface area contributed by atoms with Crippen LogP contribution in [-0.4, -0.2) is 11.0 Å².